The maximum Gasteiger partial charge on any atom is 0.176 e. The third-order valence-corrected chi connectivity index (χ3v) is 2.80. The number of rotatable bonds is 2. The fraction of sp³-hybridized carbons (Fsp3) is 0.200. The molecule has 0 saturated heterocycles. The Kier molecular flexibility index (Phi) is 2.56. The van der Waals surface area contributed by atoms with E-state index in [1.165, 1.54) is 12.3 Å². The molecule has 0 aliphatic heterocycles. The van der Waals surface area contributed by atoms with E-state index in [1.54, 1.807) is 17.8 Å². The van der Waals surface area contributed by atoms with Crippen molar-refractivity contribution in [3.8, 4) is 0 Å². The van der Waals surface area contributed by atoms with Gasteiger partial charge in [-0.25, -0.2) is 4.39 Å². The van der Waals surface area contributed by atoms with Crippen molar-refractivity contribution in [1.82, 2.24) is 9.78 Å². The van der Waals surface area contributed by atoms with Gasteiger partial charge < -0.3 is 0 Å². The zero-order valence-electron chi connectivity index (χ0n) is 8.00. The lowest BCUT2D eigenvalue weighted by molar-refractivity contribution is 0.102. The number of Topliss-reactive ketones (excluding diaryl/α,β-unsaturated/α-hetero) is 1. The molecule has 0 bridgehead atoms. The van der Waals surface area contributed by atoms with E-state index in [0.29, 0.717) is 10.9 Å². The van der Waals surface area contributed by atoms with Gasteiger partial charge in [-0.15, -0.1) is 0 Å². The summed E-state index contributed by atoms with van der Waals surface area (Å²) < 4.78 is 15.4. The van der Waals surface area contributed by atoms with Gasteiger partial charge in [-0.3, -0.25) is 9.48 Å². The topological polar surface area (TPSA) is 34.9 Å². The molecule has 0 aliphatic rings. The van der Waals surface area contributed by atoms with Crippen molar-refractivity contribution in [3.63, 3.8) is 0 Å². The Hall–Kier alpha value is -1.23. The van der Waals surface area contributed by atoms with E-state index in [4.69, 9.17) is 0 Å². The molecule has 2 aromatic rings. The summed E-state index contributed by atoms with van der Waals surface area (Å²) in [5, 5.41) is 4.44. The zero-order valence-corrected chi connectivity index (χ0v) is 9.58. The first kappa shape index (κ1) is 10.3. The van der Waals surface area contributed by atoms with Crippen LogP contribution in [0.4, 0.5) is 4.39 Å². The fourth-order valence-corrected chi connectivity index (χ4v) is 1.78. The van der Waals surface area contributed by atoms with E-state index in [0.717, 1.165) is 0 Å². The molecule has 5 heteroatoms. The molecule has 0 fully saturated rings. The molecule has 0 amide bonds. The van der Waals surface area contributed by atoms with Crippen LogP contribution in [0.5, 0.6) is 0 Å². The number of ketones is 1. The largest absolute Gasteiger partial charge is 0.293 e. The molecule has 15 heavy (non-hydrogen) atoms. The van der Waals surface area contributed by atoms with Gasteiger partial charge in [0.25, 0.3) is 0 Å². The lowest BCUT2D eigenvalue weighted by atomic mass is 10.1. The average molecular weight is 271 g/mol. The first-order valence-electron chi connectivity index (χ1n) is 4.34. The Morgan fingerprint density at radius 2 is 2.33 bits per heavy atom. The van der Waals surface area contributed by atoms with Crippen LogP contribution in [0.25, 0.3) is 10.9 Å². The highest BCUT2D eigenvalue weighted by atomic mass is 79.9. The second-order valence-corrected chi connectivity index (χ2v) is 3.75. The van der Waals surface area contributed by atoms with E-state index in [2.05, 4.69) is 21.0 Å². The second kappa shape index (κ2) is 3.73. The number of aryl methyl sites for hydroxylation is 1. The summed E-state index contributed by atoms with van der Waals surface area (Å²) in [5.74, 6) is -0.761. The second-order valence-electron chi connectivity index (χ2n) is 3.18. The molecule has 0 saturated carbocycles. The maximum atomic E-state index is 13.8. The molecule has 0 N–H and O–H groups in total. The normalized spacial score (nSPS) is 10.9. The van der Waals surface area contributed by atoms with Crippen molar-refractivity contribution >= 4 is 32.6 Å². The van der Waals surface area contributed by atoms with Gasteiger partial charge in [0.05, 0.1) is 28.0 Å². The van der Waals surface area contributed by atoms with Gasteiger partial charge in [-0.2, -0.15) is 5.10 Å². The lowest BCUT2D eigenvalue weighted by Crippen LogP contribution is -2.03. The average Bonchev–Trinajstić information content (AvgIpc) is 2.61. The van der Waals surface area contributed by atoms with Crippen LogP contribution in [0.2, 0.25) is 0 Å². The SMILES string of the molecule is Cn1ncc2c(F)c(C(=O)CBr)ccc21. The quantitative estimate of drug-likeness (QED) is 0.620. The molecule has 0 radical (unpaired) electrons. The number of hydrogen-bond donors (Lipinski definition) is 0. The molecule has 1 aromatic heterocycles. The third-order valence-electron chi connectivity index (χ3n) is 2.29. The van der Waals surface area contributed by atoms with Gasteiger partial charge in [0.15, 0.2) is 5.78 Å². The van der Waals surface area contributed by atoms with Gasteiger partial charge in [0.1, 0.15) is 5.82 Å². The van der Waals surface area contributed by atoms with E-state index in [-0.39, 0.29) is 16.7 Å². The lowest BCUT2D eigenvalue weighted by Gasteiger charge is -2.01. The molecule has 0 spiro atoms. The Balaban J connectivity index is 2.71. The number of alkyl halides is 1. The number of carbonyl (C=O) groups excluding carboxylic acids is 1. The van der Waals surface area contributed by atoms with Crippen molar-refractivity contribution < 1.29 is 9.18 Å². The number of nitrogens with zero attached hydrogens (tertiary/aromatic N) is 2. The van der Waals surface area contributed by atoms with E-state index >= 15 is 0 Å². The molecule has 0 unspecified atom stereocenters. The molecular formula is C10H8BrFN2O. The molecule has 78 valence electrons. The van der Waals surface area contributed by atoms with Crippen molar-refractivity contribution in [2.75, 3.05) is 5.33 Å². The van der Waals surface area contributed by atoms with E-state index in [9.17, 15) is 9.18 Å². The van der Waals surface area contributed by atoms with Gasteiger partial charge in [-0.05, 0) is 12.1 Å². The first-order chi connectivity index (χ1) is 7.15. The molecule has 1 aromatic carbocycles. The van der Waals surface area contributed by atoms with Crippen LogP contribution >= 0.6 is 15.9 Å². The Bertz CT molecular complexity index is 535. The van der Waals surface area contributed by atoms with Crippen molar-refractivity contribution in [3.05, 3.63) is 29.7 Å². The molecule has 0 aliphatic carbocycles. The predicted molar refractivity (Wildman–Crippen MR) is 58.8 cm³/mol. The van der Waals surface area contributed by atoms with Crippen LogP contribution in [0.1, 0.15) is 10.4 Å². The van der Waals surface area contributed by atoms with Gasteiger partial charge in [0.2, 0.25) is 0 Å². The number of halogens is 2. The third kappa shape index (κ3) is 1.56. The summed E-state index contributed by atoms with van der Waals surface area (Å²) in [4.78, 5) is 11.4. The number of fused-ring (bicyclic) bond motifs is 1. The van der Waals surface area contributed by atoms with Crippen LogP contribution < -0.4 is 0 Å². The smallest absolute Gasteiger partial charge is 0.176 e. The molecule has 2 rings (SSSR count). The number of aromatic nitrogens is 2. The summed E-state index contributed by atoms with van der Waals surface area (Å²) in [7, 11) is 1.73. The first-order valence-corrected chi connectivity index (χ1v) is 5.46. The summed E-state index contributed by atoms with van der Waals surface area (Å²) in [5.41, 5.74) is 0.783. The fourth-order valence-electron chi connectivity index (χ4n) is 1.48. The maximum absolute atomic E-state index is 13.8. The highest BCUT2D eigenvalue weighted by Crippen LogP contribution is 2.21. The van der Waals surface area contributed by atoms with E-state index < -0.39 is 5.82 Å². The summed E-state index contributed by atoms with van der Waals surface area (Å²) in [6.07, 6.45) is 1.43. The summed E-state index contributed by atoms with van der Waals surface area (Å²) >= 11 is 3.02. The van der Waals surface area contributed by atoms with Crippen LogP contribution in [0, 0.1) is 5.82 Å². The minimum absolute atomic E-state index is 0.104. The number of hydrogen-bond acceptors (Lipinski definition) is 2. The van der Waals surface area contributed by atoms with Gasteiger partial charge in [-0.1, -0.05) is 15.9 Å². The summed E-state index contributed by atoms with van der Waals surface area (Å²) in [6, 6.07) is 3.18. The highest BCUT2D eigenvalue weighted by Gasteiger charge is 2.14. The Labute approximate surface area is 94.0 Å². The van der Waals surface area contributed by atoms with Gasteiger partial charge in [0, 0.05) is 7.05 Å². The molecule has 3 nitrogen and oxygen atoms in total. The predicted octanol–water partition coefficient (Wildman–Crippen LogP) is 2.29. The van der Waals surface area contributed by atoms with Crippen molar-refractivity contribution in [1.29, 1.82) is 0 Å². The number of carbonyl (C=O) groups is 1. The standard InChI is InChI=1S/C10H8BrFN2O/c1-14-8-3-2-6(9(15)4-11)10(12)7(8)5-13-14/h2-3,5H,4H2,1H3. The minimum atomic E-state index is -0.495. The van der Waals surface area contributed by atoms with Crippen LogP contribution in [-0.4, -0.2) is 20.9 Å². The number of benzene rings is 1. The van der Waals surface area contributed by atoms with Crippen molar-refractivity contribution in [2.24, 2.45) is 7.05 Å². The highest BCUT2D eigenvalue weighted by molar-refractivity contribution is 9.09. The Morgan fingerprint density at radius 1 is 1.60 bits per heavy atom. The molecule has 0 atom stereocenters. The molecular weight excluding hydrogens is 263 g/mol. The van der Waals surface area contributed by atoms with Crippen molar-refractivity contribution in [2.45, 2.75) is 0 Å². The summed E-state index contributed by atoms with van der Waals surface area (Å²) in [6.45, 7) is 0. The Morgan fingerprint density at radius 3 is 3.00 bits per heavy atom. The van der Waals surface area contributed by atoms with Crippen LogP contribution in [0.3, 0.4) is 0 Å². The zero-order chi connectivity index (χ0) is 11.0. The van der Waals surface area contributed by atoms with E-state index in [1.807, 2.05) is 0 Å². The monoisotopic (exact) mass is 270 g/mol. The van der Waals surface area contributed by atoms with Crippen LogP contribution in [-0.2, 0) is 7.05 Å². The van der Waals surface area contributed by atoms with Gasteiger partial charge >= 0.3 is 0 Å². The van der Waals surface area contributed by atoms with Crippen LogP contribution in [0.15, 0.2) is 18.3 Å². The minimum Gasteiger partial charge on any atom is -0.293 e. The molecule has 1 heterocycles.